The Bertz CT molecular complexity index is 497. The number of rotatable bonds is 3. The van der Waals surface area contributed by atoms with Crippen LogP contribution >= 0.6 is 34.9 Å². The molecule has 4 nitrogen and oxygen atoms in total. The number of nitrogen functional groups attached to an aromatic ring is 1. The summed E-state index contributed by atoms with van der Waals surface area (Å²) in [7, 11) is 0. The van der Waals surface area contributed by atoms with Crippen molar-refractivity contribution in [1.29, 1.82) is 0 Å². The third-order valence-electron chi connectivity index (χ3n) is 1.76. The second-order valence-corrected chi connectivity index (χ2v) is 6.31. The minimum absolute atomic E-state index is 0.686. The minimum atomic E-state index is 0.686. The number of thioether (sulfide) groups is 1. The van der Waals surface area contributed by atoms with Crippen LogP contribution < -0.4 is 5.73 Å². The maximum atomic E-state index is 5.88. The number of hydrogen-bond donors (Lipinski definition) is 1. The molecular formula is C9H10N4S3. The quantitative estimate of drug-likeness (QED) is 0.865. The van der Waals surface area contributed by atoms with Gasteiger partial charge in [-0.2, -0.15) is 0 Å². The first-order chi connectivity index (χ1) is 7.69. The van der Waals surface area contributed by atoms with Crippen molar-refractivity contribution in [1.82, 2.24) is 15.2 Å². The van der Waals surface area contributed by atoms with Gasteiger partial charge >= 0.3 is 0 Å². The Balaban J connectivity index is 2.20. The minimum Gasteiger partial charge on any atom is -0.397 e. The smallest absolute Gasteiger partial charge is 0.181 e. The van der Waals surface area contributed by atoms with E-state index in [0.717, 1.165) is 19.3 Å². The van der Waals surface area contributed by atoms with E-state index in [2.05, 4.69) is 15.2 Å². The molecule has 0 unspecified atom stereocenters. The molecule has 2 rings (SSSR count). The molecule has 0 amide bonds. The molecule has 2 N–H and O–H groups in total. The molecule has 0 atom stereocenters. The van der Waals surface area contributed by atoms with Gasteiger partial charge in [0.1, 0.15) is 5.03 Å². The van der Waals surface area contributed by atoms with Crippen LogP contribution in [0.2, 0.25) is 0 Å². The summed E-state index contributed by atoms with van der Waals surface area (Å²) >= 11 is 4.59. The molecule has 84 valence electrons. The predicted octanol–water partition coefficient (Wildman–Crippen LogP) is 2.70. The van der Waals surface area contributed by atoms with Crippen LogP contribution in [0.15, 0.2) is 26.0 Å². The van der Waals surface area contributed by atoms with E-state index in [9.17, 15) is 0 Å². The Hall–Kier alpha value is -0.790. The highest BCUT2D eigenvalue weighted by molar-refractivity contribution is 8.03. The van der Waals surface area contributed by atoms with Gasteiger partial charge in [-0.3, -0.25) is 0 Å². The monoisotopic (exact) mass is 270 g/mol. The van der Waals surface area contributed by atoms with Crippen molar-refractivity contribution < 1.29 is 0 Å². The number of aromatic nitrogens is 3. The Morgan fingerprint density at radius 1 is 1.31 bits per heavy atom. The fraction of sp³-hybridized carbons (Fsp3) is 0.222. The summed E-state index contributed by atoms with van der Waals surface area (Å²) in [5, 5.41) is 8.87. The van der Waals surface area contributed by atoms with E-state index in [1.165, 1.54) is 11.8 Å². The SMILES string of the molecule is CSc1nnc(Sc2ncc(C)cc2N)s1. The van der Waals surface area contributed by atoms with E-state index >= 15 is 0 Å². The molecule has 0 aliphatic carbocycles. The molecule has 0 aliphatic rings. The zero-order valence-electron chi connectivity index (χ0n) is 8.80. The largest absolute Gasteiger partial charge is 0.397 e. The van der Waals surface area contributed by atoms with E-state index in [0.29, 0.717) is 5.69 Å². The van der Waals surface area contributed by atoms with Crippen LogP contribution in [-0.4, -0.2) is 21.4 Å². The lowest BCUT2D eigenvalue weighted by Crippen LogP contribution is -1.92. The summed E-state index contributed by atoms with van der Waals surface area (Å²) in [5.74, 6) is 0. The molecule has 2 aromatic rings. The molecule has 0 bridgehead atoms. The molecule has 0 aromatic carbocycles. The average molecular weight is 270 g/mol. The third kappa shape index (κ3) is 2.66. The number of pyridine rings is 1. The number of nitrogens with zero attached hydrogens (tertiary/aromatic N) is 3. The molecule has 7 heteroatoms. The summed E-state index contributed by atoms with van der Waals surface area (Å²) in [5.41, 5.74) is 7.62. The summed E-state index contributed by atoms with van der Waals surface area (Å²) in [6.07, 6.45) is 3.78. The molecule has 2 aromatic heterocycles. The maximum absolute atomic E-state index is 5.88. The normalized spacial score (nSPS) is 10.6. The van der Waals surface area contributed by atoms with Gasteiger partial charge in [0.15, 0.2) is 8.68 Å². The number of hydrogen-bond acceptors (Lipinski definition) is 7. The molecule has 2 heterocycles. The molecular weight excluding hydrogens is 260 g/mol. The lowest BCUT2D eigenvalue weighted by molar-refractivity contribution is 0.953. The van der Waals surface area contributed by atoms with E-state index in [1.54, 1.807) is 29.3 Å². The van der Waals surface area contributed by atoms with Crippen molar-refractivity contribution in [2.45, 2.75) is 20.6 Å². The third-order valence-corrected chi connectivity index (χ3v) is 4.75. The van der Waals surface area contributed by atoms with Crippen LogP contribution in [-0.2, 0) is 0 Å². The predicted molar refractivity (Wildman–Crippen MR) is 69.2 cm³/mol. The highest BCUT2D eigenvalue weighted by atomic mass is 32.2. The van der Waals surface area contributed by atoms with Gasteiger partial charge in [0.25, 0.3) is 0 Å². The summed E-state index contributed by atoms with van der Waals surface area (Å²) in [4.78, 5) is 4.28. The van der Waals surface area contributed by atoms with Crippen molar-refractivity contribution in [2.75, 3.05) is 12.0 Å². The second kappa shape index (κ2) is 5.03. The maximum Gasteiger partial charge on any atom is 0.181 e. The van der Waals surface area contributed by atoms with Gasteiger partial charge in [0.2, 0.25) is 0 Å². The number of aryl methyl sites for hydroxylation is 1. The first-order valence-corrected chi connectivity index (χ1v) is 7.32. The number of anilines is 1. The van der Waals surface area contributed by atoms with Crippen LogP contribution in [0.25, 0.3) is 0 Å². The van der Waals surface area contributed by atoms with Crippen LogP contribution in [0, 0.1) is 6.92 Å². The van der Waals surface area contributed by atoms with Gasteiger partial charge in [0.05, 0.1) is 5.69 Å². The fourth-order valence-electron chi connectivity index (χ4n) is 1.07. The Kier molecular flexibility index (Phi) is 3.67. The van der Waals surface area contributed by atoms with Gasteiger partial charge in [-0.15, -0.1) is 10.2 Å². The Labute approximate surface area is 106 Å². The van der Waals surface area contributed by atoms with E-state index in [1.807, 2.05) is 19.2 Å². The zero-order valence-corrected chi connectivity index (χ0v) is 11.2. The van der Waals surface area contributed by atoms with Crippen LogP contribution in [0.5, 0.6) is 0 Å². The first-order valence-electron chi connectivity index (χ1n) is 4.46. The van der Waals surface area contributed by atoms with Crippen LogP contribution in [0.1, 0.15) is 5.56 Å². The molecule has 16 heavy (non-hydrogen) atoms. The van der Waals surface area contributed by atoms with E-state index in [-0.39, 0.29) is 0 Å². The van der Waals surface area contributed by atoms with Crippen molar-refractivity contribution in [3.63, 3.8) is 0 Å². The van der Waals surface area contributed by atoms with Gasteiger partial charge in [-0.1, -0.05) is 23.1 Å². The van der Waals surface area contributed by atoms with Crippen molar-refractivity contribution in [2.24, 2.45) is 0 Å². The topological polar surface area (TPSA) is 64.7 Å². The first kappa shape index (κ1) is 11.7. The zero-order chi connectivity index (χ0) is 11.5. The van der Waals surface area contributed by atoms with Crippen molar-refractivity contribution >= 4 is 40.5 Å². The highest BCUT2D eigenvalue weighted by Gasteiger charge is 2.08. The Morgan fingerprint density at radius 2 is 2.06 bits per heavy atom. The lowest BCUT2D eigenvalue weighted by atomic mass is 10.3. The fourth-order valence-corrected chi connectivity index (χ4v) is 3.40. The van der Waals surface area contributed by atoms with Gasteiger partial charge in [0, 0.05) is 6.20 Å². The van der Waals surface area contributed by atoms with Crippen molar-refractivity contribution in [3.05, 3.63) is 17.8 Å². The van der Waals surface area contributed by atoms with E-state index in [4.69, 9.17) is 5.73 Å². The van der Waals surface area contributed by atoms with Gasteiger partial charge < -0.3 is 5.73 Å². The summed E-state index contributed by atoms with van der Waals surface area (Å²) in [6, 6.07) is 1.91. The highest BCUT2D eigenvalue weighted by Crippen LogP contribution is 2.34. The average Bonchev–Trinajstić information content (AvgIpc) is 2.70. The lowest BCUT2D eigenvalue weighted by Gasteiger charge is -2.01. The Morgan fingerprint density at radius 3 is 2.69 bits per heavy atom. The van der Waals surface area contributed by atoms with Crippen LogP contribution in [0.4, 0.5) is 5.69 Å². The second-order valence-electron chi connectivity index (χ2n) is 3.05. The van der Waals surface area contributed by atoms with E-state index < -0.39 is 0 Å². The van der Waals surface area contributed by atoms with Gasteiger partial charge in [-0.05, 0) is 36.6 Å². The molecule has 0 fully saturated rings. The molecule has 0 radical (unpaired) electrons. The molecule has 0 spiro atoms. The summed E-state index contributed by atoms with van der Waals surface area (Å²) < 4.78 is 1.82. The molecule has 0 saturated heterocycles. The van der Waals surface area contributed by atoms with Crippen LogP contribution in [0.3, 0.4) is 0 Å². The molecule has 0 saturated carbocycles. The standard InChI is InChI=1S/C9H10N4S3/c1-5-3-6(10)7(11-4-5)15-9-13-12-8(14-2)16-9/h3-4H,10H2,1-2H3. The van der Waals surface area contributed by atoms with Crippen molar-refractivity contribution in [3.8, 4) is 0 Å². The van der Waals surface area contributed by atoms with Gasteiger partial charge in [-0.25, -0.2) is 4.98 Å². The number of nitrogens with two attached hydrogens (primary N) is 1. The summed E-state index contributed by atoms with van der Waals surface area (Å²) in [6.45, 7) is 1.97. The molecule has 0 aliphatic heterocycles.